The Balaban J connectivity index is 1.27. The number of hydrogen-bond acceptors (Lipinski definition) is 14. The molecule has 0 bridgehead atoms. The maximum atomic E-state index is 15.6. The van der Waals surface area contributed by atoms with Gasteiger partial charge in [0.2, 0.25) is 17.8 Å². The van der Waals surface area contributed by atoms with E-state index >= 15 is 4.39 Å². The fraction of sp³-hybridized carbons (Fsp3) is 0.706. The maximum Gasteiger partial charge on any atom is 0.313 e. The van der Waals surface area contributed by atoms with Gasteiger partial charge in [0.25, 0.3) is 0 Å². The smallest absolute Gasteiger partial charge is 0.313 e. The standard InChI is InChI=1S/C34H54FN7O7/c1-3-42-15-8-11-27(42)25-36-32-38-33(40-34(39-32)41(2)26-9-5-4-6-10-26)37-28-12-7-13-29(31(28)35)49-30(44)14-17-45-19-21-47-23-24-48-22-20-46-18-16-43/h7,12-13,26-27,43H,3-6,8-11,14-25H2,1-2H3,(H2,36,37,38,39,40). The van der Waals surface area contributed by atoms with E-state index in [-0.39, 0.29) is 37.0 Å². The first kappa shape index (κ1) is 38.6. The first-order valence-electron chi connectivity index (χ1n) is 17.6. The van der Waals surface area contributed by atoms with E-state index in [2.05, 4.69) is 37.3 Å². The molecule has 3 N–H and O–H groups in total. The van der Waals surface area contributed by atoms with E-state index in [9.17, 15) is 4.79 Å². The van der Waals surface area contributed by atoms with Crippen LogP contribution in [0.4, 0.5) is 27.9 Å². The maximum absolute atomic E-state index is 15.6. The lowest BCUT2D eigenvalue weighted by atomic mass is 9.95. The number of ether oxygens (including phenoxy) is 5. The van der Waals surface area contributed by atoms with E-state index in [1.807, 2.05) is 7.05 Å². The number of anilines is 4. The summed E-state index contributed by atoms with van der Waals surface area (Å²) in [6.07, 6.45) is 7.95. The highest BCUT2D eigenvalue weighted by Gasteiger charge is 2.25. The van der Waals surface area contributed by atoms with E-state index in [0.29, 0.717) is 76.8 Å². The number of benzene rings is 1. The quantitative estimate of drug-likeness (QED) is 0.0881. The molecule has 1 atom stereocenters. The number of aliphatic hydroxyl groups is 1. The van der Waals surface area contributed by atoms with Gasteiger partial charge < -0.3 is 44.3 Å². The van der Waals surface area contributed by atoms with Crippen molar-refractivity contribution in [1.29, 1.82) is 0 Å². The van der Waals surface area contributed by atoms with Gasteiger partial charge in [-0.1, -0.05) is 32.3 Å². The normalized spacial score (nSPS) is 16.9. The summed E-state index contributed by atoms with van der Waals surface area (Å²) < 4.78 is 42.2. The Bertz CT molecular complexity index is 1260. The molecule has 0 spiro atoms. The average molecular weight is 692 g/mol. The number of carbonyl (C=O) groups excluding carboxylic acids is 1. The zero-order valence-electron chi connectivity index (χ0n) is 29.0. The van der Waals surface area contributed by atoms with Crippen molar-refractivity contribution in [3.8, 4) is 5.75 Å². The van der Waals surface area contributed by atoms with E-state index in [1.165, 1.54) is 31.7 Å². The Morgan fingerprint density at radius 2 is 1.59 bits per heavy atom. The van der Waals surface area contributed by atoms with Crippen LogP contribution in [0.25, 0.3) is 0 Å². The largest absolute Gasteiger partial charge is 0.423 e. The van der Waals surface area contributed by atoms with Crippen LogP contribution in [0.2, 0.25) is 0 Å². The number of rotatable bonds is 23. The summed E-state index contributed by atoms with van der Waals surface area (Å²) in [5, 5.41) is 15.1. The van der Waals surface area contributed by atoms with E-state index in [4.69, 9.17) is 33.8 Å². The first-order chi connectivity index (χ1) is 24.0. The molecule has 1 saturated carbocycles. The van der Waals surface area contributed by atoms with Gasteiger partial charge in [0.15, 0.2) is 11.6 Å². The molecule has 2 aromatic rings. The highest BCUT2D eigenvalue weighted by atomic mass is 19.1. The Morgan fingerprint density at radius 3 is 2.29 bits per heavy atom. The number of aliphatic hydroxyl groups excluding tert-OH is 1. The van der Waals surface area contributed by atoms with Crippen LogP contribution in [-0.2, 0) is 23.7 Å². The monoisotopic (exact) mass is 691 g/mol. The summed E-state index contributed by atoms with van der Waals surface area (Å²) in [7, 11) is 2.00. The number of esters is 1. The Morgan fingerprint density at radius 1 is 0.918 bits per heavy atom. The molecule has 1 unspecified atom stereocenters. The van der Waals surface area contributed by atoms with Crippen molar-refractivity contribution in [2.24, 2.45) is 0 Å². The van der Waals surface area contributed by atoms with Crippen LogP contribution in [0.3, 0.4) is 0 Å². The molecule has 0 amide bonds. The fourth-order valence-electron chi connectivity index (χ4n) is 6.00. The van der Waals surface area contributed by atoms with Crippen molar-refractivity contribution in [3.63, 3.8) is 0 Å². The van der Waals surface area contributed by atoms with Crippen LogP contribution in [-0.4, -0.2) is 129 Å². The zero-order valence-corrected chi connectivity index (χ0v) is 29.0. The van der Waals surface area contributed by atoms with Crippen LogP contribution >= 0.6 is 0 Å². The van der Waals surface area contributed by atoms with Crippen molar-refractivity contribution in [3.05, 3.63) is 24.0 Å². The van der Waals surface area contributed by atoms with E-state index < -0.39 is 11.8 Å². The molecule has 2 heterocycles. The molecule has 1 aromatic carbocycles. The second kappa shape index (κ2) is 21.8. The first-order valence-corrected chi connectivity index (χ1v) is 17.6. The van der Waals surface area contributed by atoms with Crippen molar-refractivity contribution in [1.82, 2.24) is 19.9 Å². The van der Waals surface area contributed by atoms with Crippen LogP contribution in [0.5, 0.6) is 5.75 Å². The molecule has 2 aliphatic rings. The van der Waals surface area contributed by atoms with Crippen LogP contribution in [0.1, 0.15) is 58.3 Å². The summed E-state index contributed by atoms with van der Waals surface area (Å²) in [5.41, 5.74) is 0.0803. The van der Waals surface area contributed by atoms with Gasteiger partial charge in [-0.15, -0.1) is 0 Å². The molecule has 1 aliphatic carbocycles. The predicted octanol–water partition coefficient (Wildman–Crippen LogP) is 3.77. The molecule has 4 rings (SSSR count). The highest BCUT2D eigenvalue weighted by Crippen LogP contribution is 2.29. The molecule has 49 heavy (non-hydrogen) atoms. The van der Waals surface area contributed by atoms with Crippen LogP contribution < -0.4 is 20.3 Å². The van der Waals surface area contributed by atoms with Gasteiger partial charge in [-0.2, -0.15) is 15.0 Å². The van der Waals surface area contributed by atoms with Gasteiger partial charge in [-0.25, -0.2) is 4.39 Å². The summed E-state index contributed by atoms with van der Waals surface area (Å²) in [4.78, 5) is 31.0. The molecule has 15 heteroatoms. The lowest BCUT2D eigenvalue weighted by Crippen LogP contribution is -2.36. The lowest BCUT2D eigenvalue weighted by molar-refractivity contribution is -0.135. The van der Waals surface area contributed by atoms with Gasteiger partial charge in [-0.05, 0) is 50.9 Å². The molecule has 2 fully saturated rings. The third-order valence-corrected chi connectivity index (χ3v) is 8.70. The van der Waals surface area contributed by atoms with Crippen molar-refractivity contribution >= 4 is 29.5 Å². The summed E-state index contributed by atoms with van der Waals surface area (Å²) >= 11 is 0. The minimum atomic E-state index is -0.728. The minimum Gasteiger partial charge on any atom is -0.423 e. The van der Waals surface area contributed by atoms with Gasteiger partial charge in [0, 0.05) is 25.7 Å². The molecule has 274 valence electrons. The van der Waals surface area contributed by atoms with E-state index in [0.717, 1.165) is 32.4 Å². The Hall–Kier alpha value is -3.21. The molecule has 1 aromatic heterocycles. The summed E-state index contributed by atoms with van der Waals surface area (Å²) in [6, 6.07) is 5.28. The van der Waals surface area contributed by atoms with Crippen molar-refractivity contribution < 1.29 is 38.0 Å². The topological polar surface area (TPSA) is 153 Å². The zero-order chi connectivity index (χ0) is 34.7. The molecule has 0 radical (unpaired) electrons. The molecule has 14 nitrogen and oxygen atoms in total. The second-order valence-electron chi connectivity index (χ2n) is 12.1. The third-order valence-electron chi connectivity index (χ3n) is 8.70. The summed E-state index contributed by atoms with van der Waals surface area (Å²) in [6.45, 7) is 7.64. The SMILES string of the molecule is CCN1CCCC1CNc1nc(Nc2cccc(OC(=O)CCOCCOCCOCCOCCO)c2F)nc(N(C)C2CCCCC2)n1. The van der Waals surface area contributed by atoms with Gasteiger partial charge >= 0.3 is 5.97 Å². The van der Waals surface area contributed by atoms with Gasteiger partial charge in [-0.3, -0.25) is 9.69 Å². The number of halogens is 1. The number of carbonyl (C=O) groups is 1. The number of aromatic nitrogens is 3. The number of hydrogen-bond donors (Lipinski definition) is 3. The summed E-state index contributed by atoms with van der Waals surface area (Å²) in [5.74, 6) is -0.398. The molecular weight excluding hydrogens is 637 g/mol. The third kappa shape index (κ3) is 13.2. The van der Waals surface area contributed by atoms with Crippen LogP contribution in [0.15, 0.2) is 18.2 Å². The highest BCUT2D eigenvalue weighted by molar-refractivity contribution is 5.73. The molecule has 1 saturated heterocycles. The van der Waals surface area contributed by atoms with Crippen molar-refractivity contribution in [2.75, 3.05) is 102 Å². The average Bonchev–Trinajstić information content (AvgIpc) is 3.59. The number of likely N-dealkylation sites (tertiary alicyclic amines) is 1. The number of nitrogens with one attached hydrogen (secondary N) is 2. The van der Waals surface area contributed by atoms with Crippen LogP contribution in [0, 0.1) is 5.82 Å². The number of nitrogens with zero attached hydrogens (tertiary/aromatic N) is 5. The number of likely N-dealkylation sites (N-methyl/N-ethyl adjacent to an activating group) is 1. The second-order valence-corrected chi connectivity index (χ2v) is 12.1. The molecular formula is C34H54FN7O7. The minimum absolute atomic E-state index is 0.0116. The van der Waals surface area contributed by atoms with Gasteiger partial charge in [0.05, 0.1) is 71.6 Å². The molecule has 1 aliphatic heterocycles. The predicted molar refractivity (Wildman–Crippen MR) is 184 cm³/mol. The van der Waals surface area contributed by atoms with E-state index in [1.54, 1.807) is 12.1 Å². The Kier molecular flexibility index (Phi) is 17.2. The Labute approximate surface area is 289 Å². The van der Waals surface area contributed by atoms with Crippen molar-refractivity contribution in [2.45, 2.75) is 70.4 Å². The fourth-order valence-corrected chi connectivity index (χ4v) is 6.00. The lowest BCUT2D eigenvalue weighted by Gasteiger charge is -2.31. The van der Waals surface area contributed by atoms with Gasteiger partial charge in [0.1, 0.15) is 0 Å².